The number of carbonyl (C=O) groups is 1. The summed E-state index contributed by atoms with van der Waals surface area (Å²) in [4.78, 5) is 38.7. The highest BCUT2D eigenvalue weighted by Crippen LogP contribution is 2.24. The number of amides is 1. The molecule has 0 atom stereocenters. The van der Waals surface area contributed by atoms with Crippen molar-refractivity contribution < 1.29 is 4.79 Å². The molecule has 7 nitrogen and oxygen atoms in total. The number of hydrogen-bond donors (Lipinski definition) is 1. The van der Waals surface area contributed by atoms with Gasteiger partial charge in [0, 0.05) is 37.3 Å². The van der Waals surface area contributed by atoms with Crippen molar-refractivity contribution in [3.63, 3.8) is 0 Å². The molecule has 8 heteroatoms. The minimum Gasteiger partial charge on any atom is -0.324 e. The first kappa shape index (κ1) is 19.0. The van der Waals surface area contributed by atoms with Crippen molar-refractivity contribution >= 4 is 23.4 Å². The lowest BCUT2D eigenvalue weighted by atomic mass is 10.3. The number of hydrogen-bond acceptors (Lipinski definition) is 5. The largest absolute Gasteiger partial charge is 0.330 e. The molecule has 2 aromatic rings. The fraction of sp³-hybridized carbons (Fsp3) is 0.353. The third-order valence-corrected chi connectivity index (χ3v) is 4.65. The van der Waals surface area contributed by atoms with Crippen LogP contribution < -0.4 is 16.6 Å². The van der Waals surface area contributed by atoms with Gasteiger partial charge in [0.05, 0.1) is 12.2 Å². The zero-order chi connectivity index (χ0) is 18.6. The molecule has 1 aromatic carbocycles. The summed E-state index contributed by atoms with van der Waals surface area (Å²) >= 11 is 1.56. The second-order valence-corrected chi connectivity index (χ2v) is 6.64. The minimum atomic E-state index is -0.380. The van der Waals surface area contributed by atoms with Crippen molar-refractivity contribution in [1.82, 2.24) is 14.0 Å². The van der Waals surface area contributed by atoms with E-state index in [2.05, 4.69) is 5.32 Å². The monoisotopic (exact) mass is 362 g/mol. The second kappa shape index (κ2) is 8.17. The zero-order valence-corrected chi connectivity index (χ0v) is 15.6. The van der Waals surface area contributed by atoms with Gasteiger partial charge in [-0.05, 0) is 25.4 Å². The molecule has 1 amide bonds. The van der Waals surface area contributed by atoms with Gasteiger partial charge in [-0.25, -0.2) is 4.79 Å². The summed E-state index contributed by atoms with van der Waals surface area (Å²) in [5.74, 6) is -0.155. The van der Waals surface area contributed by atoms with Crippen molar-refractivity contribution in [1.29, 1.82) is 0 Å². The number of rotatable bonds is 6. The van der Waals surface area contributed by atoms with Gasteiger partial charge in [-0.2, -0.15) is 0 Å². The number of aromatic nitrogens is 2. The molecule has 0 bridgehead atoms. The Kier molecular flexibility index (Phi) is 6.22. The van der Waals surface area contributed by atoms with Gasteiger partial charge in [0.25, 0.3) is 5.56 Å². The van der Waals surface area contributed by atoms with Crippen LogP contribution in [0, 0.1) is 0 Å². The molecule has 1 heterocycles. The van der Waals surface area contributed by atoms with E-state index >= 15 is 0 Å². The third-order valence-electron chi connectivity index (χ3n) is 3.85. The Morgan fingerprint density at radius 1 is 1.20 bits per heavy atom. The van der Waals surface area contributed by atoms with Crippen molar-refractivity contribution in [2.24, 2.45) is 14.1 Å². The van der Waals surface area contributed by atoms with Crippen LogP contribution >= 0.6 is 11.8 Å². The van der Waals surface area contributed by atoms with E-state index in [4.69, 9.17) is 0 Å². The Labute approximate surface area is 150 Å². The molecule has 0 saturated heterocycles. The van der Waals surface area contributed by atoms with Gasteiger partial charge in [0.2, 0.25) is 5.91 Å². The molecule has 0 radical (unpaired) electrons. The molecule has 0 spiro atoms. The van der Waals surface area contributed by atoms with E-state index in [1.165, 1.54) is 17.7 Å². The zero-order valence-electron chi connectivity index (χ0n) is 14.8. The number of thioether (sulfide) groups is 1. The molecule has 0 saturated carbocycles. The molecule has 25 heavy (non-hydrogen) atoms. The van der Waals surface area contributed by atoms with Crippen LogP contribution in [0.1, 0.15) is 5.69 Å². The van der Waals surface area contributed by atoms with E-state index in [0.717, 1.165) is 15.1 Å². The van der Waals surface area contributed by atoms with Crippen molar-refractivity contribution in [3.8, 4) is 0 Å². The standard InChI is InChI=1S/C17H22N4O3S/c1-19(10-12-9-16(23)21(3)17(24)20(12)2)11-15(22)18-13-7-5-6-8-14(13)25-4/h5-9H,10-11H2,1-4H3,(H,18,22). The molecule has 1 aromatic heterocycles. The van der Waals surface area contributed by atoms with Gasteiger partial charge in [-0.15, -0.1) is 11.8 Å². The van der Waals surface area contributed by atoms with E-state index in [1.54, 1.807) is 30.8 Å². The SMILES string of the molecule is CSc1ccccc1NC(=O)CN(C)Cc1cc(=O)n(C)c(=O)n1C. The molecule has 0 aliphatic carbocycles. The van der Waals surface area contributed by atoms with Gasteiger partial charge in [0.15, 0.2) is 0 Å². The maximum Gasteiger partial charge on any atom is 0.330 e. The van der Waals surface area contributed by atoms with Crippen molar-refractivity contribution in [3.05, 3.63) is 56.9 Å². The third kappa shape index (κ3) is 4.61. The predicted octanol–water partition coefficient (Wildman–Crippen LogP) is 0.876. The van der Waals surface area contributed by atoms with Crippen molar-refractivity contribution in [2.45, 2.75) is 11.4 Å². The fourth-order valence-corrected chi connectivity index (χ4v) is 3.00. The van der Waals surface area contributed by atoms with Crippen LogP contribution in [0.25, 0.3) is 0 Å². The topological polar surface area (TPSA) is 76.3 Å². The van der Waals surface area contributed by atoms with Gasteiger partial charge in [0.1, 0.15) is 0 Å². The molecule has 0 unspecified atom stereocenters. The van der Waals surface area contributed by atoms with Crippen LogP contribution in [-0.2, 0) is 25.4 Å². The highest BCUT2D eigenvalue weighted by molar-refractivity contribution is 7.98. The summed E-state index contributed by atoms with van der Waals surface area (Å²) < 4.78 is 2.47. The predicted molar refractivity (Wildman–Crippen MR) is 100 cm³/mol. The van der Waals surface area contributed by atoms with Crippen LogP contribution in [0.2, 0.25) is 0 Å². The molecular formula is C17H22N4O3S. The lowest BCUT2D eigenvalue weighted by molar-refractivity contribution is -0.117. The summed E-state index contributed by atoms with van der Waals surface area (Å²) in [7, 11) is 4.82. The molecule has 2 rings (SSSR count). The fourth-order valence-electron chi connectivity index (χ4n) is 2.45. The first-order chi connectivity index (χ1) is 11.8. The summed E-state index contributed by atoms with van der Waals surface area (Å²) in [5, 5.41) is 2.89. The van der Waals surface area contributed by atoms with Crippen molar-refractivity contribution in [2.75, 3.05) is 25.2 Å². The van der Waals surface area contributed by atoms with Gasteiger partial charge in [-0.1, -0.05) is 12.1 Å². The number of anilines is 1. The van der Waals surface area contributed by atoms with Crippen LogP contribution in [0.3, 0.4) is 0 Å². The highest BCUT2D eigenvalue weighted by Gasteiger charge is 2.12. The lowest BCUT2D eigenvalue weighted by Crippen LogP contribution is -2.40. The van der Waals surface area contributed by atoms with E-state index in [9.17, 15) is 14.4 Å². The molecule has 0 fully saturated rings. The molecule has 0 aliphatic heterocycles. The van der Waals surface area contributed by atoms with Gasteiger partial charge in [-0.3, -0.25) is 23.6 Å². The minimum absolute atomic E-state index is 0.145. The number of likely N-dealkylation sites (N-methyl/N-ethyl adjacent to an activating group) is 1. The van der Waals surface area contributed by atoms with E-state index in [-0.39, 0.29) is 23.7 Å². The van der Waals surface area contributed by atoms with E-state index in [0.29, 0.717) is 12.2 Å². The average molecular weight is 362 g/mol. The lowest BCUT2D eigenvalue weighted by Gasteiger charge is -2.18. The number of benzene rings is 1. The van der Waals surface area contributed by atoms with Crippen LogP contribution in [-0.4, -0.2) is 39.8 Å². The number of para-hydroxylation sites is 1. The van der Waals surface area contributed by atoms with E-state index in [1.807, 2.05) is 30.5 Å². The van der Waals surface area contributed by atoms with E-state index < -0.39 is 0 Å². The van der Waals surface area contributed by atoms with Crippen LogP contribution in [0.4, 0.5) is 5.69 Å². The molecular weight excluding hydrogens is 340 g/mol. The summed E-state index contributed by atoms with van der Waals surface area (Å²) in [6, 6.07) is 9.01. The molecule has 134 valence electrons. The quantitative estimate of drug-likeness (QED) is 0.772. The highest BCUT2D eigenvalue weighted by atomic mass is 32.2. The second-order valence-electron chi connectivity index (χ2n) is 5.80. The summed E-state index contributed by atoms with van der Waals surface area (Å²) in [6.07, 6.45) is 1.95. The normalized spacial score (nSPS) is 10.9. The van der Waals surface area contributed by atoms with Crippen LogP contribution in [0.15, 0.2) is 44.8 Å². The Balaban J connectivity index is 2.05. The average Bonchev–Trinajstić information content (AvgIpc) is 2.58. The first-order valence-corrected chi connectivity index (χ1v) is 8.93. The Morgan fingerprint density at radius 3 is 2.56 bits per heavy atom. The number of nitrogens with zero attached hydrogens (tertiary/aromatic N) is 3. The van der Waals surface area contributed by atoms with Crippen LogP contribution in [0.5, 0.6) is 0 Å². The summed E-state index contributed by atoms with van der Waals surface area (Å²) in [5.41, 5.74) is 0.599. The number of nitrogens with one attached hydrogen (secondary N) is 1. The first-order valence-electron chi connectivity index (χ1n) is 7.71. The maximum absolute atomic E-state index is 12.3. The maximum atomic E-state index is 12.3. The Bertz CT molecular complexity index is 888. The molecule has 0 aliphatic rings. The Morgan fingerprint density at radius 2 is 1.88 bits per heavy atom. The van der Waals surface area contributed by atoms with Gasteiger partial charge >= 0.3 is 5.69 Å². The van der Waals surface area contributed by atoms with Gasteiger partial charge < -0.3 is 5.32 Å². The smallest absolute Gasteiger partial charge is 0.324 e. The Hall–Kier alpha value is -2.32. The number of carbonyl (C=O) groups excluding carboxylic acids is 1. The summed E-state index contributed by atoms with van der Waals surface area (Å²) in [6.45, 7) is 0.464. The molecule has 1 N–H and O–H groups in total.